The van der Waals surface area contributed by atoms with Gasteiger partial charge in [0, 0.05) is 18.5 Å². The third-order valence-electron chi connectivity index (χ3n) is 2.96. The molecular weight excluding hydrogens is 196 g/mol. The van der Waals surface area contributed by atoms with E-state index in [1.54, 1.807) is 0 Å². The van der Waals surface area contributed by atoms with Crippen LogP contribution in [0.1, 0.15) is 25.7 Å². The lowest BCUT2D eigenvalue weighted by molar-refractivity contribution is 0.335. The molecule has 0 heterocycles. The fraction of sp³-hybridized carbons (Fsp3) is 1.00. The Kier molecular flexibility index (Phi) is 5.83. The minimum absolute atomic E-state index is 0.413. The number of alkyl halides is 1. The smallest absolute Gasteiger partial charge is 0.0376 e. The van der Waals surface area contributed by atoms with Crippen LogP contribution in [0.2, 0.25) is 0 Å². The summed E-state index contributed by atoms with van der Waals surface area (Å²) in [7, 11) is 4.21. The van der Waals surface area contributed by atoms with E-state index in [4.69, 9.17) is 11.6 Å². The fourth-order valence-electron chi connectivity index (χ4n) is 1.98. The van der Waals surface area contributed by atoms with Crippen molar-refractivity contribution in [1.29, 1.82) is 0 Å². The molecule has 0 aromatic carbocycles. The van der Waals surface area contributed by atoms with Crippen LogP contribution in [0.25, 0.3) is 0 Å². The van der Waals surface area contributed by atoms with Crippen molar-refractivity contribution in [3.05, 3.63) is 0 Å². The molecule has 0 radical (unpaired) electrons. The average molecular weight is 219 g/mol. The van der Waals surface area contributed by atoms with E-state index in [1.165, 1.54) is 25.7 Å². The SMILES string of the molecule is CN(C)CCNCC1CCCCC1Cl. The Labute approximate surface area is 93.0 Å². The predicted molar refractivity (Wildman–Crippen MR) is 63.0 cm³/mol. The first-order valence-electron chi connectivity index (χ1n) is 5.69. The first-order chi connectivity index (χ1) is 6.70. The lowest BCUT2D eigenvalue weighted by Gasteiger charge is -2.27. The fourth-order valence-corrected chi connectivity index (χ4v) is 2.35. The molecule has 1 fully saturated rings. The molecule has 0 amide bonds. The Morgan fingerprint density at radius 3 is 2.64 bits per heavy atom. The van der Waals surface area contributed by atoms with Crippen LogP contribution >= 0.6 is 11.6 Å². The van der Waals surface area contributed by atoms with Crippen LogP contribution in [0.3, 0.4) is 0 Å². The normalized spacial score (nSPS) is 28.3. The zero-order valence-electron chi connectivity index (χ0n) is 9.43. The van der Waals surface area contributed by atoms with Crippen molar-refractivity contribution >= 4 is 11.6 Å². The van der Waals surface area contributed by atoms with Gasteiger partial charge in [-0.2, -0.15) is 0 Å². The van der Waals surface area contributed by atoms with Crippen molar-refractivity contribution in [2.75, 3.05) is 33.7 Å². The Morgan fingerprint density at radius 1 is 1.29 bits per heavy atom. The van der Waals surface area contributed by atoms with E-state index in [0.717, 1.165) is 19.6 Å². The highest BCUT2D eigenvalue weighted by Gasteiger charge is 2.22. The number of rotatable bonds is 5. The van der Waals surface area contributed by atoms with Gasteiger partial charge in [-0.1, -0.05) is 12.8 Å². The molecule has 1 aliphatic rings. The summed E-state index contributed by atoms with van der Waals surface area (Å²) in [6, 6.07) is 0. The van der Waals surface area contributed by atoms with E-state index in [1.807, 2.05) is 0 Å². The maximum Gasteiger partial charge on any atom is 0.0376 e. The van der Waals surface area contributed by atoms with Gasteiger partial charge in [0.05, 0.1) is 0 Å². The van der Waals surface area contributed by atoms with E-state index in [0.29, 0.717) is 11.3 Å². The van der Waals surface area contributed by atoms with Crippen LogP contribution in [-0.2, 0) is 0 Å². The third-order valence-corrected chi connectivity index (χ3v) is 3.53. The summed E-state index contributed by atoms with van der Waals surface area (Å²) in [6.07, 6.45) is 5.20. The van der Waals surface area contributed by atoms with Crippen LogP contribution in [0, 0.1) is 5.92 Å². The lowest BCUT2D eigenvalue weighted by atomic mass is 9.89. The molecular formula is C11H23ClN2. The molecule has 2 unspecified atom stereocenters. The number of hydrogen-bond donors (Lipinski definition) is 1. The van der Waals surface area contributed by atoms with E-state index in [-0.39, 0.29) is 0 Å². The quantitative estimate of drug-likeness (QED) is 0.561. The maximum atomic E-state index is 6.27. The summed E-state index contributed by atoms with van der Waals surface area (Å²) >= 11 is 6.27. The van der Waals surface area contributed by atoms with Crippen molar-refractivity contribution in [3.8, 4) is 0 Å². The summed E-state index contributed by atoms with van der Waals surface area (Å²) in [4.78, 5) is 2.20. The minimum atomic E-state index is 0.413. The summed E-state index contributed by atoms with van der Waals surface area (Å²) in [5.41, 5.74) is 0. The van der Waals surface area contributed by atoms with Gasteiger partial charge in [-0.05, 0) is 39.4 Å². The summed E-state index contributed by atoms with van der Waals surface area (Å²) < 4.78 is 0. The van der Waals surface area contributed by atoms with Gasteiger partial charge in [0.15, 0.2) is 0 Å². The van der Waals surface area contributed by atoms with Crippen molar-refractivity contribution in [3.63, 3.8) is 0 Å². The van der Waals surface area contributed by atoms with Crippen molar-refractivity contribution in [2.24, 2.45) is 5.92 Å². The molecule has 0 bridgehead atoms. The number of nitrogens with zero attached hydrogens (tertiary/aromatic N) is 1. The molecule has 1 aliphatic carbocycles. The van der Waals surface area contributed by atoms with Crippen molar-refractivity contribution in [1.82, 2.24) is 10.2 Å². The Morgan fingerprint density at radius 2 is 2.00 bits per heavy atom. The van der Waals surface area contributed by atoms with Gasteiger partial charge in [0.25, 0.3) is 0 Å². The van der Waals surface area contributed by atoms with Gasteiger partial charge in [-0.15, -0.1) is 11.6 Å². The molecule has 0 aliphatic heterocycles. The van der Waals surface area contributed by atoms with Gasteiger partial charge >= 0.3 is 0 Å². The van der Waals surface area contributed by atoms with E-state index in [9.17, 15) is 0 Å². The zero-order chi connectivity index (χ0) is 10.4. The minimum Gasteiger partial charge on any atom is -0.315 e. The van der Waals surface area contributed by atoms with Crippen LogP contribution in [0.15, 0.2) is 0 Å². The van der Waals surface area contributed by atoms with Gasteiger partial charge < -0.3 is 10.2 Å². The molecule has 1 saturated carbocycles. The van der Waals surface area contributed by atoms with Crippen LogP contribution in [0.5, 0.6) is 0 Å². The molecule has 0 aromatic heterocycles. The Hall–Kier alpha value is 0.210. The standard InChI is InChI=1S/C11H23ClN2/c1-14(2)8-7-13-9-10-5-3-4-6-11(10)12/h10-11,13H,3-9H2,1-2H3. The Balaban J connectivity index is 2.04. The van der Waals surface area contributed by atoms with Crippen molar-refractivity contribution < 1.29 is 0 Å². The zero-order valence-corrected chi connectivity index (χ0v) is 10.2. The van der Waals surface area contributed by atoms with Crippen LogP contribution < -0.4 is 5.32 Å². The molecule has 14 heavy (non-hydrogen) atoms. The third kappa shape index (κ3) is 4.63. The second kappa shape index (κ2) is 6.65. The second-order valence-corrected chi connectivity index (χ2v) is 5.13. The number of likely N-dealkylation sites (N-methyl/N-ethyl adjacent to an activating group) is 1. The summed E-state index contributed by atoms with van der Waals surface area (Å²) in [5, 5.41) is 3.90. The first-order valence-corrected chi connectivity index (χ1v) is 6.13. The summed E-state index contributed by atoms with van der Waals surface area (Å²) in [6.45, 7) is 3.29. The second-order valence-electron chi connectivity index (χ2n) is 4.57. The van der Waals surface area contributed by atoms with Gasteiger partial charge in [-0.3, -0.25) is 0 Å². The highest BCUT2D eigenvalue weighted by atomic mass is 35.5. The molecule has 1 N–H and O–H groups in total. The maximum absolute atomic E-state index is 6.27. The van der Waals surface area contributed by atoms with Crippen molar-refractivity contribution in [2.45, 2.75) is 31.1 Å². The molecule has 0 spiro atoms. The highest BCUT2D eigenvalue weighted by molar-refractivity contribution is 6.20. The first kappa shape index (κ1) is 12.3. The molecule has 3 heteroatoms. The van der Waals surface area contributed by atoms with Gasteiger partial charge in [-0.25, -0.2) is 0 Å². The largest absolute Gasteiger partial charge is 0.315 e. The van der Waals surface area contributed by atoms with Crippen LogP contribution in [-0.4, -0.2) is 44.0 Å². The number of nitrogens with one attached hydrogen (secondary N) is 1. The molecule has 84 valence electrons. The number of hydrogen-bond acceptors (Lipinski definition) is 2. The summed E-state index contributed by atoms with van der Waals surface area (Å²) in [5.74, 6) is 0.701. The Bertz CT molecular complexity index is 150. The molecule has 2 atom stereocenters. The molecule has 2 nitrogen and oxygen atoms in total. The van der Waals surface area contributed by atoms with Gasteiger partial charge in [0.1, 0.15) is 0 Å². The highest BCUT2D eigenvalue weighted by Crippen LogP contribution is 2.27. The van der Waals surface area contributed by atoms with Crippen LogP contribution in [0.4, 0.5) is 0 Å². The molecule has 0 aromatic rings. The monoisotopic (exact) mass is 218 g/mol. The predicted octanol–water partition coefficient (Wildman–Crippen LogP) is 1.94. The van der Waals surface area contributed by atoms with Gasteiger partial charge in [0.2, 0.25) is 0 Å². The molecule has 0 saturated heterocycles. The topological polar surface area (TPSA) is 15.3 Å². The van der Waals surface area contributed by atoms with E-state index >= 15 is 0 Å². The van der Waals surface area contributed by atoms with E-state index in [2.05, 4.69) is 24.3 Å². The van der Waals surface area contributed by atoms with E-state index < -0.39 is 0 Å². The lowest BCUT2D eigenvalue weighted by Crippen LogP contribution is -2.34. The average Bonchev–Trinajstić information content (AvgIpc) is 2.15. The number of halogens is 1. The molecule has 1 rings (SSSR count).